The zero-order chi connectivity index (χ0) is 13.0. The van der Waals surface area contributed by atoms with E-state index in [1.54, 1.807) is 0 Å². The van der Waals surface area contributed by atoms with Gasteiger partial charge in [-0.2, -0.15) is 0 Å². The fourth-order valence-electron chi connectivity index (χ4n) is 4.18. The Morgan fingerprint density at radius 1 is 1.33 bits per heavy atom. The molecule has 0 radical (unpaired) electrons. The van der Waals surface area contributed by atoms with Crippen LogP contribution in [-0.4, -0.2) is 31.5 Å². The number of sulfone groups is 1. The van der Waals surface area contributed by atoms with Gasteiger partial charge in [-0.15, -0.1) is 0 Å². The van der Waals surface area contributed by atoms with Gasteiger partial charge in [0.15, 0.2) is 9.84 Å². The number of nitrogens with one attached hydrogen (secondary N) is 1. The van der Waals surface area contributed by atoms with Crippen molar-refractivity contribution >= 4 is 9.84 Å². The van der Waals surface area contributed by atoms with Crippen LogP contribution in [0.5, 0.6) is 0 Å². The van der Waals surface area contributed by atoms with E-state index in [9.17, 15) is 8.42 Å². The zero-order valence-electron chi connectivity index (χ0n) is 11.2. The van der Waals surface area contributed by atoms with Crippen molar-refractivity contribution in [3.05, 3.63) is 12.2 Å². The van der Waals surface area contributed by atoms with E-state index in [-0.39, 0.29) is 5.54 Å². The minimum absolute atomic E-state index is 0.205. The fourth-order valence-corrected chi connectivity index (χ4v) is 6.28. The Kier molecular flexibility index (Phi) is 2.87. The Balaban J connectivity index is 1.65. The van der Waals surface area contributed by atoms with Gasteiger partial charge in [0.2, 0.25) is 0 Å². The summed E-state index contributed by atoms with van der Waals surface area (Å²) in [5, 5.41) is 3.62. The Bertz CT molecular complexity index is 470. The molecule has 4 heteroatoms. The SMILES string of the molecule is CC(NC1(C)CCS(=O)(=O)C1)C1CC2C=CC1C2. The maximum absolute atomic E-state index is 11.6. The Morgan fingerprint density at radius 3 is 2.61 bits per heavy atom. The largest absolute Gasteiger partial charge is 0.308 e. The molecule has 5 atom stereocenters. The Hall–Kier alpha value is -0.350. The molecule has 2 fully saturated rings. The third kappa shape index (κ3) is 2.25. The van der Waals surface area contributed by atoms with E-state index in [0.29, 0.717) is 23.5 Å². The summed E-state index contributed by atoms with van der Waals surface area (Å²) in [6.45, 7) is 4.30. The molecule has 1 N–H and O–H groups in total. The summed E-state index contributed by atoms with van der Waals surface area (Å²) in [4.78, 5) is 0. The van der Waals surface area contributed by atoms with Crippen molar-refractivity contribution in [1.29, 1.82) is 0 Å². The molecule has 1 saturated heterocycles. The molecule has 0 aromatic heterocycles. The minimum atomic E-state index is -2.81. The summed E-state index contributed by atoms with van der Waals surface area (Å²) in [5.74, 6) is 2.85. The van der Waals surface area contributed by atoms with Crippen molar-refractivity contribution in [3.63, 3.8) is 0 Å². The van der Waals surface area contributed by atoms with Crippen molar-refractivity contribution in [1.82, 2.24) is 5.32 Å². The van der Waals surface area contributed by atoms with Crippen LogP contribution in [0.2, 0.25) is 0 Å². The van der Waals surface area contributed by atoms with Crippen LogP contribution in [0.3, 0.4) is 0 Å². The highest BCUT2D eigenvalue weighted by Gasteiger charge is 2.43. The molecule has 1 saturated carbocycles. The second kappa shape index (κ2) is 4.07. The van der Waals surface area contributed by atoms with Gasteiger partial charge >= 0.3 is 0 Å². The van der Waals surface area contributed by atoms with E-state index in [4.69, 9.17) is 0 Å². The van der Waals surface area contributed by atoms with Gasteiger partial charge in [-0.3, -0.25) is 0 Å². The molecule has 3 aliphatic rings. The molecule has 0 aromatic carbocycles. The third-order valence-electron chi connectivity index (χ3n) is 5.05. The van der Waals surface area contributed by atoms with Crippen LogP contribution in [0.4, 0.5) is 0 Å². The number of hydrogen-bond donors (Lipinski definition) is 1. The van der Waals surface area contributed by atoms with Crippen LogP contribution >= 0.6 is 0 Å². The van der Waals surface area contributed by atoms with Gasteiger partial charge in [-0.25, -0.2) is 8.42 Å². The van der Waals surface area contributed by atoms with E-state index < -0.39 is 9.84 Å². The molecule has 5 unspecified atom stereocenters. The van der Waals surface area contributed by atoms with E-state index in [0.717, 1.165) is 18.3 Å². The van der Waals surface area contributed by atoms with Gasteiger partial charge in [0.25, 0.3) is 0 Å². The maximum atomic E-state index is 11.6. The molecule has 2 aliphatic carbocycles. The normalized spacial score (nSPS) is 46.7. The fraction of sp³-hybridized carbons (Fsp3) is 0.857. The smallest absolute Gasteiger partial charge is 0.152 e. The predicted octanol–water partition coefficient (Wildman–Crippen LogP) is 1.75. The summed E-state index contributed by atoms with van der Waals surface area (Å²) in [6, 6.07) is 0.420. The summed E-state index contributed by atoms with van der Waals surface area (Å²) in [5.41, 5.74) is -0.205. The van der Waals surface area contributed by atoms with Gasteiger partial charge in [-0.1, -0.05) is 12.2 Å². The van der Waals surface area contributed by atoms with Gasteiger partial charge < -0.3 is 5.32 Å². The average Bonchev–Trinajstić information content (AvgIpc) is 2.92. The lowest BCUT2D eigenvalue weighted by atomic mass is 9.86. The van der Waals surface area contributed by atoms with Crippen LogP contribution in [0.25, 0.3) is 0 Å². The molecule has 102 valence electrons. The number of allylic oxidation sites excluding steroid dienone is 2. The van der Waals surface area contributed by atoms with E-state index in [1.807, 2.05) is 0 Å². The molecule has 1 heterocycles. The zero-order valence-corrected chi connectivity index (χ0v) is 12.0. The maximum Gasteiger partial charge on any atom is 0.152 e. The second-order valence-corrected chi connectivity index (χ2v) is 8.96. The average molecular weight is 269 g/mol. The molecule has 3 rings (SSSR count). The van der Waals surface area contributed by atoms with Crippen LogP contribution < -0.4 is 5.32 Å². The molecule has 3 nitrogen and oxygen atoms in total. The molecule has 1 aliphatic heterocycles. The van der Waals surface area contributed by atoms with E-state index in [1.165, 1.54) is 12.8 Å². The first-order valence-corrected chi connectivity index (χ1v) is 8.85. The molecule has 0 spiro atoms. The monoisotopic (exact) mass is 269 g/mol. The first-order chi connectivity index (χ1) is 8.37. The summed E-state index contributed by atoms with van der Waals surface area (Å²) in [6.07, 6.45) is 8.07. The third-order valence-corrected chi connectivity index (χ3v) is 6.96. The highest BCUT2D eigenvalue weighted by atomic mass is 32.2. The first kappa shape index (κ1) is 12.7. The number of rotatable bonds is 3. The van der Waals surface area contributed by atoms with Gasteiger partial charge in [-0.05, 0) is 50.9 Å². The lowest BCUT2D eigenvalue weighted by molar-refractivity contribution is 0.259. The predicted molar refractivity (Wildman–Crippen MR) is 73.1 cm³/mol. The molecule has 2 bridgehead atoms. The van der Waals surface area contributed by atoms with Crippen LogP contribution in [0.1, 0.15) is 33.1 Å². The van der Waals surface area contributed by atoms with Gasteiger partial charge in [0.1, 0.15) is 0 Å². The number of fused-ring (bicyclic) bond motifs is 2. The summed E-state index contributed by atoms with van der Waals surface area (Å²) in [7, 11) is -2.81. The second-order valence-electron chi connectivity index (χ2n) is 6.78. The molecular formula is C14H23NO2S. The van der Waals surface area contributed by atoms with Crippen molar-refractivity contribution < 1.29 is 8.42 Å². The minimum Gasteiger partial charge on any atom is -0.308 e. The highest BCUT2D eigenvalue weighted by molar-refractivity contribution is 7.91. The first-order valence-electron chi connectivity index (χ1n) is 7.03. The topological polar surface area (TPSA) is 46.2 Å². The summed E-state index contributed by atoms with van der Waals surface area (Å²) >= 11 is 0. The summed E-state index contributed by atoms with van der Waals surface area (Å²) < 4.78 is 23.3. The van der Waals surface area contributed by atoms with Crippen molar-refractivity contribution in [2.45, 2.75) is 44.7 Å². The van der Waals surface area contributed by atoms with E-state index >= 15 is 0 Å². The Labute approximate surface area is 110 Å². The molecular weight excluding hydrogens is 246 g/mol. The van der Waals surface area contributed by atoms with Gasteiger partial charge in [0.05, 0.1) is 11.5 Å². The van der Waals surface area contributed by atoms with Crippen LogP contribution in [-0.2, 0) is 9.84 Å². The van der Waals surface area contributed by atoms with Crippen LogP contribution in [0, 0.1) is 17.8 Å². The molecule has 0 amide bonds. The van der Waals surface area contributed by atoms with E-state index in [2.05, 4.69) is 31.3 Å². The number of hydrogen-bond acceptors (Lipinski definition) is 3. The Morgan fingerprint density at radius 2 is 2.11 bits per heavy atom. The highest BCUT2D eigenvalue weighted by Crippen LogP contribution is 2.45. The van der Waals surface area contributed by atoms with Crippen molar-refractivity contribution in [2.75, 3.05) is 11.5 Å². The standard InChI is InChI=1S/C14H23NO2S/c1-10(13-8-11-3-4-12(13)7-11)15-14(2)5-6-18(16,17)9-14/h3-4,10-13,15H,5-9H2,1-2H3. The molecule has 18 heavy (non-hydrogen) atoms. The van der Waals surface area contributed by atoms with Crippen molar-refractivity contribution in [3.8, 4) is 0 Å². The van der Waals surface area contributed by atoms with Crippen molar-refractivity contribution in [2.24, 2.45) is 17.8 Å². The molecule has 0 aromatic rings. The quantitative estimate of drug-likeness (QED) is 0.794. The van der Waals surface area contributed by atoms with Gasteiger partial charge in [0, 0.05) is 11.6 Å². The van der Waals surface area contributed by atoms with Crippen LogP contribution in [0.15, 0.2) is 12.2 Å². The lowest BCUT2D eigenvalue weighted by Crippen LogP contribution is -2.51. The lowest BCUT2D eigenvalue weighted by Gasteiger charge is -2.34.